The number of rotatable bonds is 27. The van der Waals surface area contributed by atoms with Crippen LogP contribution < -0.4 is 34.1 Å². The lowest BCUT2D eigenvalue weighted by Crippen LogP contribution is -2.50. The molecular weight excluding hydrogens is 1420 g/mol. The van der Waals surface area contributed by atoms with Crippen molar-refractivity contribution in [2.75, 3.05) is 83.4 Å². The molecule has 98 heavy (non-hydrogen) atoms. The summed E-state index contributed by atoms with van der Waals surface area (Å²) in [4.78, 5) is 110. The molecule has 0 spiro atoms. The van der Waals surface area contributed by atoms with Crippen molar-refractivity contribution in [3.05, 3.63) is 58.7 Å². The first kappa shape index (κ1) is 69.2. The van der Waals surface area contributed by atoms with Crippen molar-refractivity contribution < 1.29 is 94.3 Å². The number of hydrogen-bond donors (Lipinski definition) is 10. The Bertz CT molecular complexity index is 4620. The quantitative estimate of drug-likeness (QED) is 0.0206. The predicted molar refractivity (Wildman–Crippen MR) is 344 cm³/mol. The SMILES string of the molecule is COCCOC1[C@@H](OP(O)(=S)OC[C@]23O[C@@H](n4cnc5c(N)ncnc54)C(O[C@H]2C)[C@H]3OP(O)(=S)OC[C@H]2O[C@@H](n3cnc4c(N)ncnc43)C(OCCOC)[C@H]2OP(O)(=S)OC[C@]23O[C@@H](n4cnc5c(=O)[nH]c(N)nc54)C(O[C@H]2C)[C@H]3O)[C@@H](C)O[C@H]1n1cnc2c(=O)[nH]c(N)nc21. The van der Waals surface area contributed by atoms with Gasteiger partial charge in [-0.3, -0.25) is 51.4 Å². The Morgan fingerprint density at radius 2 is 0.990 bits per heavy atom. The van der Waals surface area contributed by atoms with Crippen molar-refractivity contribution in [1.82, 2.24) is 78.1 Å². The number of aliphatic hydroxyl groups is 1. The first-order chi connectivity index (χ1) is 46.7. The van der Waals surface area contributed by atoms with Crippen molar-refractivity contribution in [1.29, 1.82) is 0 Å². The molecule has 530 valence electrons. The van der Waals surface area contributed by atoms with E-state index < -0.39 is 160 Å². The van der Waals surface area contributed by atoms with Crippen LogP contribution in [-0.2, 0) is 110 Å². The summed E-state index contributed by atoms with van der Waals surface area (Å²) < 4.78 is 106. The summed E-state index contributed by atoms with van der Waals surface area (Å²) in [5.41, 5.74) is 20.3. The van der Waals surface area contributed by atoms with Crippen LogP contribution in [0, 0.1) is 0 Å². The monoisotopic (exact) mass is 1490 g/mol. The molecule has 21 atom stereocenters. The van der Waals surface area contributed by atoms with Crippen LogP contribution in [0.4, 0.5) is 23.5 Å². The van der Waals surface area contributed by atoms with Gasteiger partial charge in [0.2, 0.25) is 11.9 Å². The normalized spacial score (nSPS) is 33.3. The van der Waals surface area contributed by atoms with E-state index >= 15 is 0 Å². The number of H-pyrrole nitrogens is 2. The van der Waals surface area contributed by atoms with Gasteiger partial charge in [-0.25, -0.2) is 39.9 Å². The van der Waals surface area contributed by atoms with E-state index in [9.17, 15) is 29.4 Å². The molecule has 8 aromatic rings. The second-order valence-electron chi connectivity index (χ2n) is 23.4. The molecule has 8 aromatic heterocycles. The molecule has 14 heterocycles. The summed E-state index contributed by atoms with van der Waals surface area (Å²) in [6, 6.07) is 0. The van der Waals surface area contributed by atoms with Gasteiger partial charge in [0.05, 0.1) is 89.9 Å². The zero-order chi connectivity index (χ0) is 69.1. The van der Waals surface area contributed by atoms with Crippen LogP contribution in [0.5, 0.6) is 0 Å². The van der Waals surface area contributed by atoms with Gasteiger partial charge in [-0.15, -0.1) is 0 Å². The number of anilines is 4. The lowest BCUT2D eigenvalue weighted by Gasteiger charge is -2.37. The van der Waals surface area contributed by atoms with Gasteiger partial charge in [0, 0.05) is 14.2 Å². The van der Waals surface area contributed by atoms with E-state index in [0.29, 0.717) is 0 Å². The minimum atomic E-state index is -4.68. The van der Waals surface area contributed by atoms with E-state index in [1.54, 1.807) is 20.8 Å². The van der Waals surface area contributed by atoms with E-state index in [-0.39, 0.29) is 94.6 Å². The minimum Gasteiger partial charge on any atom is -0.387 e. The highest BCUT2D eigenvalue weighted by Crippen LogP contribution is 2.61. The summed E-state index contributed by atoms with van der Waals surface area (Å²) in [5.74, 6) is -0.312. The molecule has 14 N–H and O–H groups in total. The standard InChI is InChI=1S/C50H65N20O22P3S3/c1-19-27(29(79-8-6-77-4)43(84-19)69-17-61-25-39(69)63-47(53)65-41(25)72)90-94(75,97)83-12-50-21(3)86-32(46(89-50)68-16-60-24-36(52)56-14-58-38(24)68)34(50)92-93(74,96)81-10-22-28(30(80-9-7-78-5)44(87-22)67-15-59-23-35(51)55-13-57-37(23)67)91-95(76,98)82-11-49-20(2)85-31(33(49)71)45(88-49)70-18-62-26-40(70)64-48(54)66-42(26)73/h13-22,27-34,43-46,71H,6-12H2,1-5H3,(H,74,96)(H,75,97)(H,76,98)(H2,51,55,57)(H2,52,56,58)(H3,53,63,65,72)(H3,54,64,66,73)/t19-,20+,21+,22-,27+,28+,29?,30?,31?,32?,33-,34-,43-,44-,45-,46-,49+,50+,93?,94?,95?/m1/s1. The maximum Gasteiger partial charge on any atom is 0.325 e. The van der Waals surface area contributed by atoms with Crippen LogP contribution in [0.3, 0.4) is 0 Å². The number of methoxy groups -OCH3 is 2. The lowest BCUT2D eigenvalue weighted by atomic mass is 9.94. The molecule has 6 fully saturated rings. The van der Waals surface area contributed by atoms with Gasteiger partial charge in [-0.2, -0.15) is 9.97 Å². The van der Waals surface area contributed by atoms with Gasteiger partial charge < -0.3 is 104 Å². The van der Waals surface area contributed by atoms with Crippen molar-refractivity contribution in [3.63, 3.8) is 0 Å². The van der Waals surface area contributed by atoms with E-state index in [4.69, 9.17) is 133 Å². The number of imidazole rings is 4. The smallest absolute Gasteiger partial charge is 0.325 e. The number of aliphatic hydroxyl groups excluding tert-OH is 1. The van der Waals surface area contributed by atoms with Crippen LogP contribution in [-0.4, -0.2) is 243 Å². The summed E-state index contributed by atoms with van der Waals surface area (Å²) in [6.07, 6.45) is -11.3. The molecule has 0 saturated carbocycles. The third-order valence-electron chi connectivity index (χ3n) is 17.7. The average molecular weight is 1490 g/mol. The summed E-state index contributed by atoms with van der Waals surface area (Å²) in [6.45, 7) is -10.8. The zero-order valence-corrected chi connectivity index (χ0v) is 57.1. The first-order valence-electron chi connectivity index (χ1n) is 29.9. The number of nitrogens with two attached hydrogens (primary N) is 4. The minimum absolute atomic E-state index is 0.00407. The topological polar surface area (TPSA) is 547 Å². The van der Waals surface area contributed by atoms with E-state index in [1.807, 2.05) is 0 Å². The van der Waals surface area contributed by atoms with Crippen LogP contribution in [0.15, 0.2) is 47.6 Å². The Morgan fingerprint density at radius 1 is 0.541 bits per heavy atom. The molecule has 14 rings (SSSR count). The fourth-order valence-electron chi connectivity index (χ4n) is 13.0. The highest BCUT2D eigenvalue weighted by Gasteiger charge is 2.70. The maximum absolute atomic E-state index is 12.8. The molecule has 42 nitrogen and oxygen atoms in total. The molecular formula is C50H65N20O22P3S3. The van der Waals surface area contributed by atoms with Crippen molar-refractivity contribution in [2.24, 2.45) is 0 Å². The Labute approximate surface area is 565 Å². The molecule has 6 aliphatic rings. The Kier molecular flexibility index (Phi) is 18.7. The summed E-state index contributed by atoms with van der Waals surface area (Å²) >= 11 is 17.4. The highest BCUT2D eigenvalue weighted by atomic mass is 32.5. The van der Waals surface area contributed by atoms with Crippen molar-refractivity contribution >= 4 is 124 Å². The third kappa shape index (κ3) is 12.3. The van der Waals surface area contributed by atoms with Gasteiger partial charge in [-0.05, 0) is 56.2 Å². The first-order valence-corrected chi connectivity index (χ1v) is 37.7. The Hall–Kier alpha value is -5.85. The molecule has 6 aliphatic heterocycles. The number of nitrogens with zero attached hydrogens (tertiary/aromatic N) is 14. The number of ether oxygens (including phenoxy) is 10. The number of hydrogen-bond acceptors (Lipinski definition) is 36. The third-order valence-corrected chi connectivity index (χ3v) is 22.3. The van der Waals surface area contributed by atoms with Gasteiger partial charge in [0.1, 0.15) is 89.8 Å². The Balaban J connectivity index is 0.743. The van der Waals surface area contributed by atoms with Gasteiger partial charge in [0.25, 0.3) is 11.1 Å². The number of nitrogens with one attached hydrogen (secondary N) is 2. The Morgan fingerprint density at radius 3 is 1.56 bits per heavy atom. The maximum atomic E-state index is 12.8. The molecule has 0 amide bonds. The van der Waals surface area contributed by atoms with Crippen molar-refractivity contribution in [2.45, 2.75) is 130 Å². The molecule has 48 heteroatoms. The number of nitrogen functional groups attached to an aromatic ring is 4. The fourth-order valence-corrected chi connectivity index (χ4v) is 17.3. The van der Waals surface area contributed by atoms with Gasteiger partial charge >= 0.3 is 20.2 Å². The molecule has 6 saturated heterocycles. The van der Waals surface area contributed by atoms with Crippen LogP contribution in [0.2, 0.25) is 0 Å². The second-order valence-corrected chi connectivity index (χ2v) is 31.8. The van der Waals surface area contributed by atoms with Gasteiger partial charge in [-0.1, -0.05) is 0 Å². The fraction of sp³-hybridized carbons (Fsp3) is 0.600. The summed E-state index contributed by atoms with van der Waals surface area (Å²) in [5, 5.41) is 11.9. The summed E-state index contributed by atoms with van der Waals surface area (Å²) in [7, 11) is 2.92. The van der Waals surface area contributed by atoms with Gasteiger partial charge in [0.15, 0.2) is 70.2 Å². The van der Waals surface area contributed by atoms with Crippen LogP contribution in [0.25, 0.3) is 44.7 Å². The number of aromatic amines is 2. The van der Waals surface area contributed by atoms with E-state index in [0.717, 1.165) is 0 Å². The highest BCUT2D eigenvalue weighted by molar-refractivity contribution is 8.07. The molecule has 0 aliphatic carbocycles. The number of fused-ring (bicyclic) bond motifs is 8. The van der Waals surface area contributed by atoms with Crippen LogP contribution >= 0.6 is 20.2 Å². The van der Waals surface area contributed by atoms with E-state index in [1.165, 1.54) is 70.5 Å². The zero-order valence-electron chi connectivity index (χ0n) is 51.9. The van der Waals surface area contributed by atoms with E-state index in [2.05, 4.69) is 59.8 Å². The van der Waals surface area contributed by atoms with Crippen LogP contribution in [0.1, 0.15) is 45.7 Å². The second kappa shape index (κ2) is 26.5. The molecule has 4 bridgehead atoms. The predicted octanol–water partition coefficient (Wildman–Crippen LogP) is -1.53. The largest absolute Gasteiger partial charge is 0.387 e. The number of aromatic nitrogens is 16. The average Bonchev–Trinajstić information content (AvgIpc) is 1.55. The molecule has 7 unspecified atom stereocenters. The molecule has 0 aromatic carbocycles. The lowest BCUT2D eigenvalue weighted by molar-refractivity contribution is -0.215. The van der Waals surface area contributed by atoms with Crippen molar-refractivity contribution in [3.8, 4) is 0 Å². The molecule has 0 radical (unpaired) electrons.